The summed E-state index contributed by atoms with van der Waals surface area (Å²) in [7, 11) is 0. The molecule has 32 heavy (non-hydrogen) atoms. The number of rotatable bonds is 5. The van der Waals surface area contributed by atoms with Crippen molar-refractivity contribution in [1.82, 2.24) is 0 Å². The van der Waals surface area contributed by atoms with Crippen molar-refractivity contribution in [2.75, 3.05) is 16.3 Å². The van der Waals surface area contributed by atoms with Crippen LogP contribution in [-0.2, 0) is 4.79 Å². The topological polar surface area (TPSA) is 23.6 Å². The van der Waals surface area contributed by atoms with Gasteiger partial charge in [0.25, 0.3) is 5.91 Å². The fraction of sp³-hybridized carbons (Fsp3) is 0.0690. The zero-order valence-corrected chi connectivity index (χ0v) is 18.0. The summed E-state index contributed by atoms with van der Waals surface area (Å²) in [5.74, 6) is 0.0629. The van der Waals surface area contributed by atoms with Crippen molar-refractivity contribution in [3.63, 3.8) is 0 Å². The van der Waals surface area contributed by atoms with E-state index in [1.165, 1.54) is 0 Å². The Morgan fingerprint density at radius 3 is 1.81 bits per heavy atom. The monoisotopic (exact) mass is 416 g/mol. The number of fused-ring (bicyclic) bond motifs is 1. The molecule has 0 N–H and O–H groups in total. The van der Waals surface area contributed by atoms with Crippen LogP contribution in [0.4, 0.5) is 22.7 Å². The van der Waals surface area contributed by atoms with Crippen LogP contribution in [0, 0.1) is 0 Å². The molecule has 1 amide bonds. The SMILES string of the molecule is CCN1C(=O)C(=Cc2ccc(N(c3ccccc3)c3ccccc3)cc2)c2ccccc21. The molecule has 5 rings (SSSR count). The molecule has 0 saturated carbocycles. The molecule has 4 aromatic carbocycles. The third-order valence-electron chi connectivity index (χ3n) is 5.77. The standard InChI is InChI=1S/C29H24N2O/c1-2-30-28-16-10-9-15-26(28)27(29(30)32)21-22-17-19-25(20-18-22)31(23-11-5-3-6-12-23)24-13-7-4-8-14-24/h3-21H,2H2,1H3. The van der Waals surface area contributed by atoms with E-state index in [2.05, 4.69) is 53.4 Å². The van der Waals surface area contributed by atoms with Crippen LogP contribution >= 0.6 is 0 Å². The molecule has 0 unspecified atom stereocenters. The summed E-state index contributed by atoms with van der Waals surface area (Å²) >= 11 is 0. The molecular formula is C29H24N2O. The Morgan fingerprint density at radius 1 is 0.688 bits per heavy atom. The highest BCUT2D eigenvalue weighted by molar-refractivity contribution is 6.35. The maximum Gasteiger partial charge on any atom is 0.258 e. The molecule has 0 spiro atoms. The third kappa shape index (κ3) is 3.58. The first-order valence-corrected chi connectivity index (χ1v) is 10.9. The number of amides is 1. The molecule has 1 aliphatic rings. The summed E-state index contributed by atoms with van der Waals surface area (Å²) in [4.78, 5) is 17.1. The van der Waals surface area contributed by atoms with Crippen LogP contribution in [0.1, 0.15) is 18.1 Å². The second kappa shape index (κ2) is 8.56. The summed E-state index contributed by atoms with van der Waals surface area (Å²) in [6.07, 6.45) is 2.00. The highest BCUT2D eigenvalue weighted by Gasteiger charge is 2.30. The molecule has 3 heteroatoms. The van der Waals surface area contributed by atoms with Crippen molar-refractivity contribution in [3.05, 3.63) is 120 Å². The van der Waals surface area contributed by atoms with Crippen molar-refractivity contribution in [3.8, 4) is 0 Å². The molecule has 156 valence electrons. The Labute approximate surface area is 188 Å². The van der Waals surface area contributed by atoms with Crippen LogP contribution in [0.5, 0.6) is 0 Å². The molecule has 0 bridgehead atoms. The van der Waals surface area contributed by atoms with E-state index in [0.29, 0.717) is 6.54 Å². The molecule has 0 aliphatic carbocycles. The number of benzene rings is 4. The first-order valence-electron chi connectivity index (χ1n) is 10.9. The molecule has 0 fully saturated rings. The summed E-state index contributed by atoms with van der Waals surface area (Å²) in [5.41, 5.74) is 7.01. The van der Waals surface area contributed by atoms with Crippen LogP contribution in [0.3, 0.4) is 0 Å². The van der Waals surface area contributed by atoms with E-state index in [1.54, 1.807) is 0 Å². The van der Waals surface area contributed by atoms with Crippen LogP contribution in [0.2, 0.25) is 0 Å². The highest BCUT2D eigenvalue weighted by atomic mass is 16.2. The molecule has 4 aromatic rings. The van der Waals surface area contributed by atoms with E-state index < -0.39 is 0 Å². The quantitative estimate of drug-likeness (QED) is 0.325. The van der Waals surface area contributed by atoms with Crippen LogP contribution in [0.15, 0.2) is 109 Å². The van der Waals surface area contributed by atoms with Crippen LogP contribution in [0.25, 0.3) is 11.6 Å². The normalized spacial score (nSPS) is 14.0. The van der Waals surface area contributed by atoms with Crippen molar-refractivity contribution in [1.29, 1.82) is 0 Å². The lowest BCUT2D eigenvalue weighted by Crippen LogP contribution is -2.25. The molecule has 1 aliphatic heterocycles. The number of carbonyl (C=O) groups excluding carboxylic acids is 1. The number of para-hydroxylation sites is 3. The maximum absolute atomic E-state index is 13.0. The maximum atomic E-state index is 13.0. The van der Waals surface area contributed by atoms with Gasteiger partial charge in [0.15, 0.2) is 0 Å². The number of hydrogen-bond acceptors (Lipinski definition) is 2. The average molecular weight is 417 g/mol. The number of hydrogen-bond donors (Lipinski definition) is 0. The Balaban J connectivity index is 1.52. The van der Waals surface area contributed by atoms with Crippen molar-refractivity contribution < 1.29 is 4.79 Å². The minimum absolute atomic E-state index is 0.0629. The molecule has 0 radical (unpaired) electrons. The molecule has 1 heterocycles. The van der Waals surface area contributed by atoms with Crippen molar-refractivity contribution in [2.24, 2.45) is 0 Å². The predicted molar refractivity (Wildman–Crippen MR) is 133 cm³/mol. The number of likely N-dealkylation sites (N-methyl/N-ethyl adjacent to an activating group) is 1. The number of carbonyl (C=O) groups is 1. The lowest BCUT2D eigenvalue weighted by atomic mass is 10.0. The number of nitrogens with zero attached hydrogens (tertiary/aromatic N) is 2. The first kappa shape index (κ1) is 19.8. The van der Waals surface area contributed by atoms with Crippen LogP contribution in [-0.4, -0.2) is 12.5 Å². The third-order valence-corrected chi connectivity index (χ3v) is 5.77. The Kier molecular flexibility index (Phi) is 5.30. The minimum Gasteiger partial charge on any atom is -0.311 e. The van der Waals surface area contributed by atoms with E-state index in [9.17, 15) is 4.79 Å². The molecular weight excluding hydrogens is 392 g/mol. The molecule has 0 aromatic heterocycles. The van der Waals surface area contributed by atoms with Crippen molar-refractivity contribution >= 4 is 40.3 Å². The zero-order valence-electron chi connectivity index (χ0n) is 18.0. The van der Waals surface area contributed by atoms with E-state index >= 15 is 0 Å². The van der Waals surface area contributed by atoms with Crippen LogP contribution < -0.4 is 9.80 Å². The summed E-state index contributed by atoms with van der Waals surface area (Å²) in [6.45, 7) is 2.67. The van der Waals surface area contributed by atoms with Gasteiger partial charge >= 0.3 is 0 Å². The van der Waals surface area contributed by atoms with Gasteiger partial charge in [0.1, 0.15) is 0 Å². The van der Waals surface area contributed by atoms with E-state index in [4.69, 9.17) is 0 Å². The summed E-state index contributed by atoms with van der Waals surface area (Å²) in [6, 6.07) is 37.0. The van der Waals surface area contributed by atoms with E-state index in [1.807, 2.05) is 78.6 Å². The first-order chi connectivity index (χ1) is 15.8. The fourth-order valence-electron chi connectivity index (χ4n) is 4.25. The summed E-state index contributed by atoms with van der Waals surface area (Å²) in [5, 5.41) is 0. The van der Waals surface area contributed by atoms with Gasteiger partial charge in [0.2, 0.25) is 0 Å². The lowest BCUT2D eigenvalue weighted by molar-refractivity contribution is -0.112. The average Bonchev–Trinajstić information content (AvgIpc) is 3.12. The minimum atomic E-state index is 0.0629. The molecule has 0 saturated heterocycles. The van der Waals surface area contributed by atoms with Gasteiger partial charge in [0, 0.05) is 34.7 Å². The Morgan fingerprint density at radius 2 is 1.22 bits per heavy atom. The van der Waals surface area contributed by atoms with Gasteiger partial charge in [-0.15, -0.1) is 0 Å². The molecule has 0 atom stereocenters. The Bertz CT molecular complexity index is 1220. The second-order valence-electron chi connectivity index (χ2n) is 7.72. The molecule has 3 nitrogen and oxygen atoms in total. The lowest BCUT2D eigenvalue weighted by Gasteiger charge is -2.25. The van der Waals surface area contributed by atoms with E-state index in [-0.39, 0.29) is 5.91 Å². The van der Waals surface area contributed by atoms with Gasteiger partial charge in [-0.3, -0.25) is 4.79 Å². The predicted octanol–water partition coefficient (Wildman–Crippen LogP) is 7.06. The zero-order chi connectivity index (χ0) is 21.9. The second-order valence-corrected chi connectivity index (χ2v) is 7.72. The number of anilines is 4. The summed E-state index contributed by atoms with van der Waals surface area (Å²) < 4.78 is 0. The smallest absolute Gasteiger partial charge is 0.258 e. The Hall–Kier alpha value is -4.11. The highest BCUT2D eigenvalue weighted by Crippen LogP contribution is 2.38. The van der Waals surface area contributed by atoms with Gasteiger partial charge < -0.3 is 9.80 Å². The van der Waals surface area contributed by atoms with Gasteiger partial charge in [-0.1, -0.05) is 66.7 Å². The van der Waals surface area contributed by atoms with E-state index in [0.717, 1.165) is 39.4 Å². The largest absolute Gasteiger partial charge is 0.311 e. The van der Waals surface area contributed by atoms with Gasteiger partial charge in [-0.2, -0.15) is 0 Å². The van der Waals surface area contributed by atoms with Gasteiger partial charge in [-0.25, -0.2) is 0 Å². The fourth-order valence-corrected chi connectivity index (χ4v) is 4.25. The van der Waals surface area contributed by atoms with Gasteiger partial charge in [0.05, 0.1) is 5.69 Å². The van der Waals surface area contributed by atoms with Crippen molar-refractivity contribution in [2.45, 2.75) is 6.92 Å². The van der Waals surface area contributed by atoms with Gasteiger partial charge in [-0.05, 0) is 61.0 Å².